The van der Waals surface area contributed by atoms with Crippen molar-refractivity contribution in [3.8, 4) is 0 Å². The molecule has 1 saturated carbocycles. The van der Waals surface area contributed by atoms with Gasteiger partial charge in [-0.05, 0) is 25.7 Å². The second-order valence-corrected chi connectivity index (χ2v) is 6.03. The summed E-state index contributed by atoms with van der Waals surface area (Å²) in [4.78, 5) is 0. The first-order chi connectivity index (χ1) is 5.90. The Hall–Kier alpha value is -0.350. The Morgan fingerprint density at radius 1 is 1.69 bits per heavy atom. The summed E-state index contributed by atoms with van der Waals surface area (Å²) in [7, 11) is -3.13. The standard InChI is InChI=1S/C9H16O3S/c1-3-6-9(10)7-4-5-8(9)13(2,11)12/h3,8,10H,1,4-7H2,2H3. The third kappa shape index (κ3) is 2.11. The van der Waals surface area contributed by atoms with Crippen molar-refractivity contribution in [2.75, 3.05) is 6.26 Å². The van der Waals surface area contributed by atoms with Crippen LogP contribution in [0.2, 0.25) is 0 Å². The van der Waals surface area contributed by atoms with E-state index in [0.717, 1.165) is 6.42 Å². The van der Waals surface area contributed by atoms with Gasteiger partial charge in [-0.25, -0.2) is 8.42 Å². The molecule has 0 aromatic rings. The Morgan fingerprint density at radius 2 is 2.31 bits per heavy atom. The molecular formula is C9H16O3S. The van der Waals surface area contributed by atoms with Gasteiger partial charge in [-0.15, -0.1) is 6.58 Å². The normalized spacial score (nSPS) is 34.8. The van der Waals surface area contributed by atoms with Gasteiger partial charge < -0.3 is 5.11 Å². The van der Waals surface area contributed by atoms with E-state index in [4.69, 9.17) is 0 Å². The molecular weight excluding hydrogens is 188 g/mol. The van der Waals surface area contributed by atoms with Gasteiger partial charge in [-0.3, -0.25) is 0 Å². The van der Waals surface area contributed by atoms with Gasteiger partial charge in [-0.2, -0.15) is 0 Å². The molecule has 0 amide bonds. The number of aliphatic hydroxyl groups is 1. The largest absolute Gasteiger partial charge is 0.388 e. The smallest absolute Gasteiger partial charge is 0.153 e. The van der Waals surface area contributed by atoms with Gasteiger partial charge in [0, 0.05) is 6.26 Å². The zero-order valence-corrected chi connectivity index (χ0v) is 8.68. The van der Waals surface area contributed by atoms with Crippen LogP contribution in [0.5, 0.6) is 0 Å². The first-order valence-electron chi connectivity index (χ1n) is 4.42. The van der Waals surface area contributed by atoms with Crippen LogP contribution in [-0.4, -0.2) is 30.6 Å². The Morgan fingerprint density at radius 3 is 2.77 bits per heavy atom. The summed E-state index contributed by atoms with van der Waals surface area (Å²) in [6.45, 7) is 3.53. The molecule has 2 unspecified atom stereocenters. The van der Waals surface area contributed by atoms with E-state index in [1.165, 1.54) is 6.26 Å². The molecule has 0 saturated heterocycles. The van der Waals surface area contributed by atoms with E-state index in [1.807, 2.05) is 0 Å². The third-order valence-electron chi connectivity index (χ3n) is 2.69. The predicted molar refractivity (Wildman–Crippen MR) is 52.2 cm³/mol. The summed E-state index contributed by atoms with van der Waals surface area (Å²) in [5, 5.41) is 9.44. The van der Waals surface area contributed by atoms with Gasteiger partial charge in [-0.1, -0.05) is 6.08 Å². The number of sulfone groups is 1. The molecule has 1 fully saturated rings. The number of hydrogen-bond donors (Lipinski definition) is 1. The molecule has 1 aliphatic carbocycles. The lowest BCUT2D eigenvalue weighted by atomic mass is 9.98. The van der Waals surface area contributed by atoms with Crippen LogP contribution in [0.15, 0.2) is 12.7 Å². The summed E-state index contributed by atoms with van der Waals surface area (Å²) >= 11 is 0. The van der Waals surface area contributed by atoms with Crippen molar-refractivity contribution in [2.24, 2.45) is 0 Å². The predicted octanol–water partition coefficient (Wildman–Crippen LogP) is 0.891. The first-order valence-corrected chi connectivity index (χ1v) is 6.38. The molecule has 0 radical (unpaired) electrons. The summed E-state index contributed by atoms with van der Waals surface area (Å²) < 4.78 is 22.7. The van der Waals surface area contributed by atoms with Gasteiger partial charge in [0.05, 0.1) is 10.9 Å². The fourth-order valence-corrected chi connectivity index (χ4v) is 3.73. The number of rotatable bonds is 3. The Bertz CT molecular complexity index is 294. The zero-order chi connectivity index (χ0) is 10.1. The van der Waals surface area contributed by atoms with Crippen LogP contribution in [0.4, 0.5) is 0 Å². The summed E-state index contributed by atoms with van der Waals surface area (Å²) in [5.41, 5.74) is -1.06. The average molecular weight is 204 g/mol. The minimum absolute atomic E-state index is 0.366. The van der Waals surface area contributed by atoms with E-state index in [-0.39, 0.29) is 0 Å². The highest BCUT2D eigenvalue weighted by atomic mass is 32.2. The lowest BCUT2D eigenvalue weighted by Crippen LogP contribution is -2.41. The monoisotopic (exact) mass is 204 g/mol. The lowest BCUT2D eigenvalue weighted by molar-refractivity contribution is 0.0541. The molecule has 3 nitrogen and oxygen atoms in total. The van der Waals surface area contributed by atoms with Crippen molar-refractivity contribution in [2.45, 2.75) is 36.5 Å². The van der Waals surface area contributed by atoms with E-state index in [0.29, 0.717) is 19.3 Å². The molecule has 0 spiro atoms. The van der Waals surface area contributed by atoms with Crippen molar-refractivity contribution in [1.82, 2.24) is 0 Å². The van der Waals surface area contributed by atoms with Crippen LogP contribution in [0.25, 0.3) is 0 Å². The van der Waals surface area contributed by atoms with E-state index < -0.39 is 20.7 Å². The molecule has 1 rings (SSSR count). The Balaban J connectivity index is 2.92. The van der Waals surface area contributed by atoms with Crippen LogP contribution in [-0.2, 0) is 9.84 Å². The highest BCUT2D eigenvalue weighted by Gasteiger charge is 2.45. The minimum Gasteiger partial charge on any atom is -0.388 e. The van der Waals surface area contributed by atoms with Crippen molar-refractivity contribution in [3.63, 3.8) is 0 Å². The molecule has 0 aromatic carbocycles. The summed E-state index contributed by atoms with van der Waals surface area (Å²) in [5.74, 6) is 0. The second kappa shape index (κ2) is 3.42. The summed E-state index contributed by atoms with van der Waals surface area (Å²) in [6, 6.07) is 0. The fourth-order valence-electron chi connectivity index (χ4n) is 2.12. The molecule has 4 heteroatoms. The molecule has 2 atom stereocenters. The quantitative estimate of drug-likeness (QED) is 0.695. The molecule has 0 aromatic heterocycles. The highest BCUT2D eigenvalue weighted by molar-refractivity contribution is 7.91. The minimum atomic E-state index is -3.13. The van der Waals surface area contributed by atoms with Crippen LogP contribution in [0.1, 0.15) is 25.7 Å². The molecule has 76 valence electrons. The van der Waals surface area contributed by atoms with Gasteiger partial charge in [0.2, 0.25) is 0 Å². The fraction of sp³-hybridized carbons (Fsp3) is 0.778. The zero-order valence-electron chi connectivity index (χ0n) is 7.86. The van der Waals surface area contributed by atoms with Gasteiger partial charge in [0.15, 0.2) is 9.84 Å². The van der Waals surface area contributed by atoms with E-state index >= 15 is 0 Å². The topological polar surface area (TPSA) is 54.4 Å². The first kappa shape index (κ1) is 10.7. The molecule has 0 aliphatic heterocycles. The van der Waals surface area contributed by atoms with Crippen LogP contribution < -0.4 is 0 Å². The highest BCUT2D eigenvalue weighted by Crippen LogP contribution is 2.37. The van der Waals surface area contributed by atoms with Crippen molar-refractivity contribution >= 4 is 9.84 Å². The van der Waals surface area contributed by atoms with Crippen LogP contribution in [0, 0.1) is 0 Å². The third-order valence-corrected chi connectivity index (χ3v) is 4.40. The molecule has 1 N–H and O–H groups in total. The maximum absolute atomic E-state index is 11.3. The summed E-state index contributed by atoms with van der Waals surface area (Å²) in [6.07, 6.45) is 5.06. The number of hydrogen-bond acceptors (Lipinski definition) is 3. The van der Waals surface area contributed by atoms with Crippen LogP contribution in [0.3, 0.4) is 0 Å². The average Bonchev–Trinajstić information content (AvgIpc) is 2.30. The van der Waals surface area contributed by atoms with Crippen molar-refractivity contribution in [3.05, 3.63) is 12.7 Å². The van der Waals surface area contributed by atoms with E-state index in [9.17, 15) is 13.5 Å². The van der Waals surface area contributed by atoms with Crippen molar-refractivity contribution in [1.29, 1.82) is 0 Å². The van der Waals surface area contributed by atoms with E-state index in [1.54, 1.807) is 6.08 Å². The SMILES string of the molecule is C=CCC1(O)CCCC1S(C)(=O)=O. The van der Waals surface area contributed by atoms with Gasteiger partial charge in [0.1, 0.15) is 0 Å². The van der Waals surface area contributed by atoms with Gasteiger partial charge in [0.25, 0.3) is 0 Å². The Labute approximate surface area is 79.4 Å². The van der Waals surface area contributed by atoms with E-state index in [2.05, 4.69) is 6.58 Å². The van der Waals surface area contributed by atoms with Crippen molar-refractivity contribution < 1.29 is 13.5 Å². The second-order valence-electron chi connectivity index (χ2n) is 3.81. The molecule has 1 aliphatic rings. The van der Waals surface area contributed by atoms with Gasteiger partial charge >= 0.3 is 0 Å². The lowest BCUT2D eigenvalue weighted by Gasteiger charge is -2.27. The molecule has 0 heterocycles. The van der Waals surface area contributed by atoms with Crippen LogP contribution >= 0.6 is 0 Å². The Kier molecular flexibility index (Phi) is 2.82. The maximum Gasteiger partial charge on any atom is 0.153 e. The molecule has 13 heavy (non-hydrogen) atoms. The molecule has 0 bridgehead atoms. The maximum atomic E-state index is 11.3.